The zero-order valence-electron chi connectivity index (χ0n) is 7.59. The van der Waals surface area contributed by atoms with E-state index >= 15 is 0 Å². The van der Waals surface area contributed by atoms with E-state index in [-0.39, 0.29) is 4.92 Å². The summed E-state index contributed by atoms with van der Waals surface area (Å²) in [6, 6.07) is 0. The van der Waals surface area contributed by atoms with E-state index in [2.05, 4.69) is 0 Å². The smallest absolute Gasteiger partial charge is 0.219 e. The molecule has 0 aliphatic carbocycles. The summed E-state index contributed by atoms with van der Waals surface area (Å²) in [5.74, 6) is 0. The molecule has 0 atom stereocenters. The van der Waals surface area contributed by atoms with Crippen LogP contribution in [-0.4, -0.2) is 10.5 Å². The first kappa shape index (κ1) is 10.4. The highest BCUT2D eigenvalue weighted by atomic mass is 16.6. The highest BCUT2D eigenvalue weighted by Crippen LogP contribution is 2.22. The maximum absolute atomic E-state index is 10.6. The van der Waals surface area contributed by atoms with E-state index < -0.39 is 5.54 Å². The predicted octanol–water partition coefficient (Wildman–Crippen LogP) is 2.62. The molecule has 0 radical (unpaired) electrons. The Hall–Kier alpha value is -0.600. The minimum absolute atomic E-state index is 0.139. The van der Waals surface area contributed by atoms with Gasteiger partial charge in [0.25, 0.3) is 0 Å². The van der Waals surface area contributed by atoms with E-state index in [0.29, 0.717) is 12.8 Å². The standard InChI is InChI=1S/C8H17NO2/c1-4-6-8(3,7-5-2)9(10)11/h4-7H2,1-3H3. The van der Waals surface area contributed by atoms with Gasteiger partial charge in [-0.25, -0.2) is 0 Å². The molecule has 0 spiro atoms. The molecule has 0 amide bonds. The van der Waals surface area contributed by atoms with Gasteiger partial charge >= 0.3 is 0 Å². The molecule has 3 nitrogen and oxygen atoms in total. The Morgan fingerprint density at radius 3 is 1.82 bits per heavy atom. The highest BCUT2D eigenvalue weighted by molar-refractivity contribution is 4.71. The second-order valence-electron chi connectivity index (χ2n) is 3.25. The Kier molecular flexibility index (Phi) is 4.08. The van der Waals surface area contributed by atoms with Gasteiger partial charge in [-0.2, -0.15) is 0 Å². The topological polar surface area (TPSA) is 43.1 Å². The lowest BCUT2D eigenvalue weighted by Crippen LogP contribution is -2.34. The number of hydrogen-bond acceptors (Lipinski definition) is 2. The van der Waals surface area contributed by atoms with Gasteiger partial charge in [-0.15, -0.1) is 0 Å². The number of hydrogen-bond donors (Lipinski definition) is 0. The SMILES string of the molecule is CCCC(C)(CCC)[N+](=O)[O-]. The quantitative estimate of drug-likeness (QED) is 0.457. The van der Waals surface area contributed by atoms with Gasteiger partial charge in [0.1, 0.15) is 0 Å². The Morgan fingerprint density at radius 1 is 1.27 bits per heavy atom. The molecular formula is C8H17NO2. The number of nitro groups is 1. The molecule has 0 aromatic heterocycles. The molecule has 0 fully saturated rings. The lowest BCUT2D eigenvalue weighted by molar-refractivity contribution is -0.567. The highest BCUT2D eigenvalue weighted by Gasteiger charge is 2.34. The van der Waals surface area contributed by atoms with Gasteiger partial charge in [-0.05, 0) is 12.8 Å². The first-order chi connectivity index (χ1) is 5.06. The van der Waals surface area contributed by atoms with Gasteiger partial charge in [0.15, 0.2) is 0 Å². The molecule has 0 aliphatic rings. The van der Waals surface area contributed by atoms with Crippen LogP contribution in [0.3, 0.4) is 0 Å². The number of rotatable bonds is 5. The summed E-state index contributed by atoms with van der Waals surface area (Å²) in [5, 5.41) is 10.6. The van der Waals surface area contributed by atoms with Gasteiger partial charge < -0.3 is 0 Å². The summed E-state index contributed by atoms with van der Waals surface area (Å²) in [4.78, 5) is 10.5. The summed E-state index contributed by atoms with van der Waals surface area (Å²) in [5.41, 5.74) is -0.677. The van der Waals surface area contributed by atoms with Crippen LogP contribution in [0.25, 0.3) is 0 Å². The monoisotopic (exact) mass is 159 g/mol. The lowest BCUT2D eigenvalue weighted by atomic mass is 9.92. The molecule has 0 saturated heterocycles. The Balaban J connectivity index is 4.13. The fourth-order valence-electron chi connectivity index (χ4n) is 1.38. The van der Waals surface area contributed by atoms with Crippen molar-refractivity contribution in [1.29, 1.82) is 0 Å². The zero-order valence-corrected chi connectivity index (χ0v) is 7.59. The Bertz CT molecular complexity index is 128. The maximum atomic E-state index is 10.6. The molecule has 11 heavy (non-hydrogen) atoms. The third kappa shape index (κ3) is 2.87. The predicted molar refractivity (Wildman–Crippen MR) is 45.2 cm³/mol. The third-order valence-corrected chi connectivity index (χ3v) is 2.02. The minimum atomic E-state index is -0.677. The zero-order chi connectivity index (χ0) is 8.91. The third-order valence-electron chi connectivity index (χ3n) is 2.02. The molecule has 0 aromatic rings. The van der Waals surface area contributed by atoms with Gasteiger partial charge in [-0.1, -0.05) is 13.8 Å². The molecule has 0 aromatic carbocycles. The van der Waals surface area contributed by atoms with E-state index in [1.54, 1.807) is 6.92 Å². The molecule has 0 rings (SSSR count). The van der Waals surface area contributed by atoms with Crippen molar-refractivity contribution in [2.45, 2.75) is 52.0 Å². The summed E-state index contributed by atoms with van der Waals surface area (Å²) in [7, 11) is 0. The van der Waals surface area contributed by atoms with Crippen LogP contribution in [0.4, 0.5) is 0 Å². The van der Waals surface area contributed by atoms with Gasteiger partial charge in [0.05, 0.1) is 0 Å². The molecule has 0 saturated carbocycles. The van der Waals surface area contributed by atoms with Crippen molar-refractivity contribution in [3.63, 3.8) is 0 Å². The van der Waals surface area contributed by atoms with Crippen molar-refractivity contribution in [3.05, 3.63) is 10.1 Å². The number of nitrogens with zero attached hydrogens (tertiary/aromatic N) is 1. The first-order valence-corrected chi connectivity index (χ1v) is 4.21. The molecule has 0 heterocycles. The van der Waals surface area contributed by atoms with Gasteiger partial charge in [-0.3, -0.25) is 10.1 Å². The van der Waals surface area contributed by atoms with Crippen molar-refractivity contribution in [2.75, 3.05) is 0 Å². The molecule has 66 valence electrons. The second kappa shape index (κ2) is 4.31. The van der Waals surface area contributed by atoms with Crippen LogP contribution in [0, 0.1) is 10.1 Å². The van der Waals surface area contributed by atoms with Gasteiger partial charge in [0, 0.05) is 24.7 Å². The van der Waals surface area contributed by atoms with E-state index in [0.717, 1.165) is 12.8 Å². The molecule has 0 unspecified atom stereocenters. The van der Waals surface area contributed by atoms with Crippen molar-refractivity contribution < 1.29 is 4.92 Å². The van der Waals surface area contributed by atoms with E-state index in [4.69, 9.17) is 0 Å². The fourth-order valence-corrected chi connectivity index (χ4v) is 1.38. The van der Waals surface area contributed by atoms with Crippen LogP contribution in [-0.2, 0) is 0 Å². The molecule has 3 heteroatoms. The van der Waals surface area contributed by atoms with Crippen molar-refractivity contribution in [3.8, 4) is 0 Å². The maximum Gasteiger partial charge on any atom is 0.219 e. The molecular weight excluding hydrogens is 142 g/mol. The normalized spacial score (nSPS) is 11.5. The van der Waals surface area contributed by atoms with Crippen LogP contribution in [0.2, 0.25) is 0 Å². The Morgan fingerprint density at radius 2 is 1.64 bits per heavy atom. The van der Waals surface area contributed by atoms with Crippen molar-refractivity contribution >= 4 is 0 Å². The van der Waals surface area contributed by atoms with Crippen LogP contribution in [0.1, 0.15) is 46.5 Å². The van der Waals surface area contributed by atoms with E-state index in [1.165, 1.54) is 0 Å². The fraction of sp³-hybridized carbons (Fsp3) is 1.00. The van der Waals surface area contributed by atoms with Crippen LogP contribution < -0.4 is 0 Å². The largest absolute Gasteiger partial charge is 0.264 e. The van der Waals surface area contributed by atoms with Gasteiger partial charge in [0.2, 0.25) is 5.54 Å². The van der Waals surface area contributed by atoms with Crippen LogP contribution >= 0.6 is 0 Å². The summed E-state index contributed by atoms with van der Waals surface area (Å²) >= 11 is 0. The lowest BCUT2D eigenvalue weighted by Gasteiger charge is -2.18. The van der Waals surface area contributed by atoms with Crippen LogP contribution in [0.15, 0.2) is 0 Å². The van der Waals surface area contributed by atoms with Crippen molar-refractivity contribution in [1.82, 2.24) is 0 Å². The van der Waals surface area contributed by atoms with Crippen LogP contribution in [0.5, 0.6) is 0 Å². The summed E-state index contributed by atoms with van der Waals surface area (Å²) in [6.45, 7) is 5.70. The summed E-state index contributed by atoms with van der Waals surface area (Å²) < 4.78 is 0. The minimum Gasteiger partial charge on any atom is -0.264 e. The first-order valence-electron chi connectivity index (χ1n) is 4.21. The van der Waals surface area contributed by atoms with E-state index in [1.807, 2.05) is 13.8 Å². The van der Waals surface area contributed by atoms with E-state index in [9.17, 15) is 10.1 Å². The van der Waals surface area contributed by atoms with Crippen molar-refractivity contribution in [2.24, 2.45) is 0 Å². The second-order valence-corrected chi connectivity index (χ2v) is 3.25. The molecule has 0 aliphatic heterocycles. The molecule has 0 N–H and O–H groups in total. The average Bonchev–Trinajstić information content (AvgIpc) is 1.88. The average molecular weight is 159 g/mol. The molecule has 0 bridgehead atoms. The Labute approximate surface area is 67.9 Å². The summed E-state index contributed by atoms with van der Waals surface area (Å²) in [6.07, 6.45) is 3.15.